The van der Waals surface area contributed by atoms with Gasteiger partial charge in [-0.15, -0.1) is 0 Å². The molecular formula is C12H19NO4S. The van der Waals surface area contributed by atoms with E-state index in [-0.39, 0.29) is 18.0 Å². The van der Waals surface area contributed by atoms with Crippen molar-refractivity contribution in [2.75, 3.05) is 12.8 Å². The van der Waals surface area contributed by atoms with Crippen LogP contribution in [0.25, 0.3) is 0 Å². The van der Waals surface area contributed by atoms with Gasteiger partial charge in [-0.05, 0) is 19.9 Å². The molecule has 3 N–H and O–H groups in total. The molecule has 0 bridgehead atoms. The van der Waals surface area contributed by atoms with Gasteiger partial charge in [0.25, 0.3) is 0 Å². The second-order valence-corrected chi connectivity index (χ2v) is 7.57. The van der Waals surface area contributed by atoms with Gasteiger partial charge < -0.3 is 15.5 Å². The third kappa shape index (κ3) is 3.36. The Morgan fingerprint density at radius 3 is 2.44 bits per heavy atom. The summed E-state index contributed by atoms with van der Waals surface area (Å²) in [4.78, 5) is 0. The molecule has 102 valence electrons. The molecule has 0 radical (unpaired) electrons. The Balaban J connectivity index is 2.66. The fourth-order valence-corrected chi connectivity index (χ4v) is 1.71. The number of phenols is 2. The van der Waals surface area contributed by atoms with Gasteiger partial charge in [-0.3, -0.25) is 0 Å². The molecule has 0 aromatic heterocycles. The molecule has 0 amide bonds. The van der Waals surface area contributed by atoms with Crippen molar-refractivity contribution in [2.24, 2.45) is 0 Å². The predicted molar refractivity (Wildman–Crippen MR) is 70.4 cm³/mol. The van der Waals surface area contributed by atoms with Crippen LogP contribution < -0.4 is 5.32 Å². The van der Waals surface area contributed by atoms with E-state index in [1.165, 1.54) is 12.3 Å². The highest BCUT2D eigenvalue weighted by Gasteiger charge is 2.29. The first-order chi connectivity index (χ1) is 8.15. The van der Waals surface area contributed by atoms with Gasteiger partial charge in [0.15, 0.2) is 21.3 Å². The van der Waals surface area contributed by atoms with Gasteiger partial charge in [-0.25, -0.2) is 8.42 Å². The van der Waals surface area contributed by atoms with Crippen molar-refractivity contribution in [1.29, 1.82) is 0 Å². The number of hydrogen-bond donors (Lipinski definition) is 3. The fourth-order valence-electron chi connectivity index (χ4n) is 1.35. The average Bonchev–Trinajstić information content (AvgIpc) is 2.22. The molecule has 5 nitrogen and oxygen atoms in total. The predicted octanol–water partition coefficient (Wildman–Crippen LogP) is 1.01. The first-order valence-corrected chi connectivity index (χ1v) is 7.44. The highest BCUT2D eigenvalue weighted by Crippen LogP contribution is 2.28. The minimum atomic E-state index is -3.15. The molecule has 6 heteroatoms. The number of sulfone groups is 1. The summed E-state index contributed by atoms with van der Waals surface area (Å²) in [7, 11) is -3.15. The highest BCUT2D eigenvalue weighted by atomic mass is 32.2. The monoisotopic (exact) mass is 273 g/mol. The number of para-hydroxylation sites is 1. The van der Waals surface area contributed by atoms with Crippen molar-refractivity contribution in [3.8, 4) is 11.5 Å². The number of benzene rings is 1. The summed E-state index contributed by atoms with van der Waals surface area (Å²) in [5, 5.41) is 21.9. The molecule has 1 aromatic carbocycles. The zero-order valence-electron chi connectivity index (χ0n) is 10.8. The summed E-state index contributed by atoms with van der Waals surface area (Å²) in [6.07, 6.45) is 1.19. The fraction of sp³-hybridized carbons (Fsp3) is 0.500. The lowest BCUT2D eigenvalue weighted by molar-refractivity contribution is 0.397. The molecule has 0 aliphatic rings. The molecule has 0 heterocycles. The summed E-state index contributed by atoms with van der Waals surface area (Å²) in [5.41, 5.74) is 0.527. The van der Waals surface area contributed by atoms with E-state index in [1.807, 2.05) is 0 Å². The van der Waals surface area contributed by atoms with Gasteiger partial charge in [-0.2, -0.15) is 0 Å². The third-order valence-corrected chi connectivity index (χ3v) is 5.12. The van der Waals surface area contributed by atoms with Crippen LogP contribution in [0.15, 0.2) is 18.2 Å². The smallest absolute Gasteiger partial charge is 0.161 e. The normalized spacial score (nSPS) is 12.6. The van der Waals surface area contributed by atoms with Gasteiger partial charge >= 0.3 is 0 Å². The Bertz CT molecular complexity index is 523. The van der Waals surface area contributed by atoms with Crippen molar-refractivity contribution in [2.45, 2.75) is 25.1 Å². The molecule has 0 aliphatic heterocycles. The van der Waals surface area contributed by atoms with Gasteiger partial charge in [0.1, 0.15) is 0 Å². The van der Waals surface area contributed by atoms with Crippen LogP contribution in [0.1, 0.15) is 19.4 Å². The quantitative estimate of drug-likeness (QED) is 0.697. The van der Waals surface area contributed by atoms with E-state index in [0.29, 0.717) is 12.1 Å². The zero-order chi connectivity index (χ0) is 14.0. The summed E-state index contributed by atoms with van der Waals surface area (Å²) < 4.78 is 22.1. The summed E-state index contributed by atoms with van der Waals surface area (Å²) >= 11 is 0. The Kier molecular flexibility index (Phi) is 4.24. The zero-order valence-corrected chi connectivity index (χ0v) is 11.6. The van der Waals surface area contributed by atoms with Gasteiger partial charge in [-0.1, -0.05) is 12.1 Å². The molecular weight excluding hydrogens is 254 g/mol. The lowest BCUT2D eigenvalue weighted by Crippen LogP contribution is -2.41. The van der Waals surface area contributed by atoms with E-state index in [9.17, 15) is 18.6 Å². The molecule has 1 rings (SSSR count). The van der Waals surface area contributed by atoms with Crippen LogP contribution in [0, 0.1) is 0 Å². The lowest BCUT2D eigenvalue weighted by Gasteiger charge is -2.23. The first-order valence-electron chi connectivity index (χ1n) is 5.55. The summed E-state index contributed by atoms with van der Waals surface area (Å²) in [6, 6.07) is 4.67. The molecule has 18 heavy (non-hydrogen) atoms. The van der Waals surface area contributed by atoms with E-state index >= 15 is 0 Å². The van der Waals surface area contributed by atoms with E-state index in [4.69, 9.17) is 0 Å². The highest BCUT2D eigenvalue weighted by molar-refractivity contribution is 7.92. The minimum absolute atomic E-state index is 0.179. The minimum Gasteiger partial charge on any atom is -0.504 e. The van der Waals surface area contributed by atoms with Crippen LogP contribution in [0.4, 0.5) is 0 Å². The SMILES string of the molecule is CC(C)(CNCc1cccc(O)c1O)S(C)(=O)=O. The van der Waals surface area contributed by atoms with Gasteiger partial charge in [0.05, 0.1) is 4.75 Å². The Hall–Kier alpha value is -1.27. The largest absolute Gasteiger partial charge is 0.504 e. The maximum absolute atomic E-state index is 11.5. The topological polar surface area (TPSA) is 86.6 Å². The van der Waals surface area contributed by atoms with E-state index in [0.717, 1.165) is 0 Å². The molecule has 0 atom stereocenters. The Labute approximate surface area is 107 Å². The number of aromatic hydroxyl groups is 2. The second kappa shape index (κ2) is 5.16. The average molecular weight is 273 g/mol. The maximum atomic E-state index is 11.5. The van der Waals surface area contributed by atoms with Gasteiger partial charge in [0.2, 0.25) is 0 Å². The molecule has 0 saturated heterocycles. The summed E-state index contributed by atoms with van der Waals surface area (Å²) in [6.45, 7) is 3.83. The van der Waals surface area contributed by atoms with Crippen LogP contribution >= 0.6 is 0 Å². The van der Waals surface area contributed by atoms with Crippen molar-refractivity contribution in [3.63, 3.8) is 0 Å². The van der Waals surface area contributed by atoms with Crippen LogP contribution in [-0.4, -0.2) is 36.2 Å². The number of rotatable bonds is 5. The van der Waals surface area contributed by atoms with Crippen molar-refractivity contribution < 1.29 is 18.6 Å². The molecule has 0 saturated carbocycles. The van der Waals surface area contributed by atoms with Crippen molar-refractivity contribution in [1.82, 2.24) is 5.32 Å². The third-order valence-electron chi connectivity index (χ3n) is 2.97. The number of phenolic OH excluding ortho intramolecular Hbond substituents is 2. The number of nitrogens with one attached hydrogen (secondary N) is 1. The maximum Gasteiger partial charge on any atom is 0.161 e. The number of hydrogen-bond acceptors (Lipinski definition) is 5. The summed E-state index contributed by atoms with van der Waals surface area (Å²) in [5.74, 6) is -0.362. The van der Waals surface area contributed by atoms with E-state index in [1.54, 1.807) is 26.0 Å². The van der Waals surface area contributed by atoms with E-state index in [2.05, 4.69) is 5.32 Å². The molecule has 0 spiro atoms. The van der Waals surface area contributed by atoms with Crippen LogP contribution in [0.2, 0.25) is 0 Å². The van der Waals surface area contributed by atoms with Crippen molar-refractivity contribution >= 4 is 9.84 Å². The first kappa shape index (κ1) is 14.8. The van der Waals surface area contributed by atoms with Crippen LogP contribution in [0.3, 0.4) is 0 Å². The van der Waals surface area contributed by atoms with Gasteiger partial charge in [0, 0.05) is 24.9 Å². The molecule has 0 fully saturated rings. The molecule has 0 aliphatic carbocycles. The Morgan fingerprint density at radius 2 is 1.89 bits per heavy atom. The standard InChI is InChI=1S/C12H19NO4S/c1-12(2,18(3,16)17)8-13-7-9-5-4-6-10(14)11(9)15/h4-6,13-15H,7-8H2,1-3H3. The Morgan fingerprint density at radius 1 is 1.28 bits per heavy atom. The van der Waals surface area contributed by atoms with Crippen molar-refractivity contribution in [3.05, 3.63) is 23.8 Å². The molecule has 0 unspecified atom stereocenters. The van der Waals surface area contributed by atoms with E-state index < -0.39 is 14.6 Å². The van der Waals surface area contributed by atoms with Crippen LogP contribution in [-0.2, 0) is 16.4 Å². The second-order valence-electron chi connectivity index (χ2n) is 4.92. The lowest BCUT2D eigenvalue weighted by atomic mass is 10.1. The molecule has 1 aromatic rings. The van der Waals surface area contributed by atoms with Crippen LogP contribution in [0.5, 0.6) is 11.5 Å².